The number of rotatable bonds is 5. The van der Waals surface area contributed by atoms with Gasteiger partial charge in [0.2, 0.25) is 5.12 Å². The Labute approximate surface area is 132 Å². The number of carbonyl (C=O) groups is 1. The van der Waals surface area contributed by atoms with Gasteiger partial charge in [-0.05, 0) is 30.4 Å². The number of hydrogen-bond donors (Lipinski definition) is 1. The highest BCUT2D eigenvalue weighted by Gasteiger charge is 2.12. The van der Waals surface area contributed by atoms with E-state index in [-0.39, 0.29) is 10.7 Å². The molecule has 0 atom stereocenters. The predicted octanol–water partition coefficient (Wildman–Crippen LogP) is 4.16. The Hall–Kier alpha value is -1.15. The van der Waals surface area contributed by atoms with E-state index < -0.39 is 0 Å². The van der Waals surface area contributed by atoms with Crippen molar-refractivity contribution in [2.75, 3.05) is 5.75 Å². The van der Waals surface area contributed by atoms with Crippen LogP contribution in [0.25, 0.3) is 0 Å². The van der Waals surface area contributed by atoms with Crippen molar-refractivity contribution in [1.29, 1.82) is 5.26 Å². The topological polar surface area (TPSA) is 52.9 Å². The van der Waals surface area contributed by atoms with Crippen molar-refractivity contribution < 1.29 is 4.79 Å². The van der Waals surface area contributed by atoms with Gasteiger partial charge in [0.15, 0.2) is 0 Å². The number of carbonyl (C=O) groups excluding carboxylic acids is 1. The molecule has 106 valence electrons. The number of thioether (sulfide) groups is 1. The molecule has 1 N–H and O–H groups in total. The lowest BCUT2D eigenvalue weighted by Crippen LogP contribution is -2.15. The molecule has 0 fully saturated rings. The largest absolute Gasteiger partial charge is 0.383 e. The maximum absolute atomic E-state index is 11.7. The van der Waals surface area contributed by atoms with E-state index in [1.807, 2.05) is 19.1 Å². The Morgan fingerprint density at radius 3 is 2.65 bits per heavy atom. The molecule has 0 heterocycles. The van der Waals surface area contributed by atoms with Crippen LogP contribution in [-0.2, 0) is 11.3 Å². The smallest absolute Gasteiger partial charge is 0.231 e. The summed E-state index contributed by atoms with van der Waals surface area (Å²) in [6.07, 6.45) is 0. The van der Waals surface area contributed by atoms with Crippen LogP contribution < -0.4 is 5.32 Å². The van der Waals surface area contributed by atoms with Crippen molar-refractivity contribution in [3.05, 3.63) is 45.1 Å². The van der Waals surface area contributed by atoms with E-state index >= 15 is 0 Å². The van der Waals surface area contributed by atoms with E-state index in [0.29, 0.717) is 28.0 Å². The maximum atomic E-state index is 11.7. The minimum absolute atomic E-state index is 0.150. The summed E-state index contributed by atoms with van der Waals surface area (Å²) in [5.74, 6) is 0.643. The molecule has 0 unspecified atom stereocenters. The number of hydrogen-bond acceptors (Lipinski definition) is 4. The van der Waals surface area contributed by atoms with Crippen LogP contribution in [0.15, 0.2) is 29.5 Å². The van der Waals surface area contributed by atoms with Gasteiger partial charge in [0.1, 0.15) is 11.6 Å². The Kier molecular flexibility index (Phi) is 6.94. The van der Waals surface area contributed by atoms with Gasteiger partial charge in [-0.1, -0.05) is 48.0 Å². The highest BCUT2D eigenvalue weighted by atomic mass is 35.5. The highest BCUT2D eigenvalue weighted by molar-refractivity contribution is 8.14. The molecule has 1 rings (SSSR count). The minimum atomic E-state index is -0.214. The second-order valence-electron chi connectivity index (χ2n) is 3.93. The standard InChI is InChI=1S/C14H14Cl2N2OS/c1-3-20-14(19)11(7-17)9(2)18-8-10-4-5-12(15)13(16)6-10/h4-6,18H,3,8H2,1-2H3. The molecule has 0 aliphatic rings. The van der Waals surface area contributed by atoms with E-state index in [9.17, 15) is 4.79 Å². The van der Waals surface area contributed by atoms with Crippen LogP contribution in [0, 0.1) is 11.3 Å². The SMILES string of the molecule is CCSC(=O)C(C#N)=C(C)NCc1ccc(Cl)c(Cl)c1. The molecule has 0 spiro atoms. The fraction of sp³-hybridized carbons (Fsp3) is 0.286. The summed E-state index contributed by atoms with van der Waals surface area (Å²) in [7, 11) is 0. The Balaban J connectivity index is 2.78. The second-order valence-corrected chi connectivity index (χ2v) is 5.99. The van der Waals surface area contributed by atoms with Crippen LogP contribution in [0.4, 0.5) is 0 Å². The molecule has 0 saturated heterocycles. The van der Waals surface area contributed by atoms with Gasteiger partial charge in [-0.25, -0.2) is 0 Å². The molecule has 1 aromatic rings. The summed E-state index contributed by atoms with van der Waals surface area (Å²) in [6, 6.07) is 7.24. The van der Waals surface area contributed by atoms with Crippen molar-refractivity contribution in [1.82, 2.24) is 5.32 Å². The zero-order valence-corrected chi connectivity index (χ0v) is 13.5. The third-order valence-electron chi connectivity index (χ3n) is 2.51. The van der Waals surface area contributed by atoms with Gasteiger partial charge in [-0.2, -0.15) is 5.26 Å². The molecular weight excluding hydrogens is 315 g/mol. The monoisotopic (exact) mass is 328 g/mol. The summed E-state index contributed by atoms with van der Waals surface area (Å²) < 4.78 is 0. The van der Waals surface area contributed by atoms with Crippen LogP contribution in [-0.4, -0.2) is 10.9 Å². The zero-order chi connectivity index (χ0) is 15.1. The molecule has 0 saturated carbocycles. The van der Waals surface area contributed by atoms with E-state index in [1.54, 1.807) is 19.1 Å². The van der Waals surface area contributed by atoms with Crippen LogP contribution >= 0.6 is 35.0 Å². The molecule has 0 bridgehead atoms. The Morgan fingerprint density at radius 1 is 1.40 bits per heavy atom. The lowest BCUT2D eigenvalue weighted by atomic mass is 10.2. The van der Waals surface area contributed by atoms with Gasteiger partial charge in [0, 0.05) is 12.2 Å². The van der Waals surface area contributed by atoms with Crippen molar-refractivity contribution in [2.24, 2.45) is 0 Å². The summed E-state index contributed by atoms with van der Waals surface area (Å²) in [5, 5.41) is 12.9. The molecule has 1 aromatic carbocycles. The minimum Gasteiger partial charge on any atom is -0.383 e. The van der Waals surface area contributed by atoms with E-state index in [4.69, 9.17) is 28.5 Å². The number of benzene rings is 1. The van der Waals surface area contributed by atoms with E-state index in [0.717, 1.165) is 17.3 Å². The first-order valence-corrected chi connectivity index (χ1v) is 7.69. The van der Waals surface area contributed by atoms with Crippen molar-refractivity contribution in [3.63, 3.8) is 0 Å². The van der Waals surface area contributed by atoms with Crippen LogP contribution in [0.3, 0.4) is 0 Å². The average Bonchev–Trinajstić information content (AvgIpc) is 2.41. The first-order chi connectivity index (χ1) is 9.49. The first kappa shape index (κ1) is 16.9. The van der Waals surface area contributed by atoms with Crippen LogP contribution in [0.1, 0.15) is 19.4 Å². The molecule has 0 aliphatic heterocycles. The fourth-order valence-corrected chi connectivity index (χ4v) is 2.38. The maximum Gasteiger partial charge on any atom is 0.231 e. The quantitative estimate of drug-likeness (QED) is 0.651. The first-order valence-electron chi connectivity index (χ1n) is 5.95. The number of nitriles is 1. The highest BCUT2D eigenvalue weighted by Crippen LogP contribution is 2.22. The second kappa shape index (κ2) is 8.21. The summed E-state index contributed by atoms with van der Waals surface area (Å²) in [6.45, 7) is 4.05. The number of halogens is 2. The summed E-state index contributed by atoms with van der Waals surface area (Å²) >= 11 is 12.9. The molecule has 0 aromatic heterocycles. The van der Waals surface area contributed by atoms with Gasteiger partial charge in [-0.3, -0.25) is 4.79 Å². The molecule has 0 amide bonds. The number of nitrogens with zero attached hydrogens (tertiary/aromatic N) is 1. The van der Waals surface area contributed by atoms with Crippen LogP contribution in [0.5, 0.6) is 0 Å². The van der Waals surface area contributed by atoms with Crippen LogP contribution in [0.2, 0.25) is 10.0 Å². The molecule has 6 heteroatoms. The zero-order valence-electron chi connectivity index (χ0n) is 11.2. The average molecular weight is 329 g/mol. The fourth-order valence-electron chi connectivity index (χ4n) is 1.46. The molecular formula is C14H14Cl2N2OS. The van der Waals surface area contributed by atoms with Crippen molar-refractivity contribution in [2.45, 2.75) is 20.4 Å². The Bertz CT molecular complexity index is 579. The third-order valence-corrected chi connectivity index (χ3v) is 4.00. The normalized spacial score (nSPS) is 11.6. The molecule has 3 nitrogen and oxygen atoms in total. The molecule has 0 aliphatic carbocycles. The van der Waals surface area contributed by atoms with Gasteiger partial charge in [0.05, 0.1) is 10.0 Å². The van der Waals surface area contributed by atoms with Gasteiger partial charge < -0.3 is 5.32 Å². The lowest BCUT2D eigenvalue weighted by Gasteiger charge is -2.09. The van der Waals surface area contributed by atoms with Gasteiger partial charge in [0.25, 0.3) is 0 Å². The van der Waals surface area contributed by atoms with Gasteiger partial charge >= 0.3 is 0 Å². The number of allylic oxidation sites excluding steroid dienone is 1. The third kappa shape index (κ3) is 4.75. The summed E-state index contributed by atoms with van der Waals surface area (Å²) in [5.41, 5.74) is 1.63. The van der Waals surface area contributed by atoms with Crippen molar-refractivity contribution >= 4 is 40.1 Å². The Morgan fingerprint density at radius 2 is 2.10 bits per heavy atom. The summed E-state index contributed by atoms with van der Waals surface area (Å²) in [4.78, 5) is 11.7. The van der Waals surface area contributed by atoms with Crippen molar-refractivity contribution in [3.8, 4) is 6.07 Å². The van der Waals surface area contributed by atoms with E-state index in [2.05, 4.69) is 5.32 Å². The number of nitrogens with one attached hydrogen (secondary N) is 1. The molecule has 20 heavy (non-hydrogen) atoms. The predicted molar refractivity (Wildman–Crippen MR) is 84.8 cm³/mol. The lowest BCUT2D eigenvalue weighted by molar-refractivity contribution is -0.107. The van der Waals surface area contributed by atoms with E-state index in [1.165, 1.54) is 0 Å². The molecule has 0 radical (unpaired) electrons. The van der Waals surface area contributed by atoms with Gasteiger partial charge in [-0.15, -0.1) is 0 Å².